The lowest BCUT2D eigenvalue weighted by molar-refractivity contribution is -0.339. The Hall–Kier alpha value is -2.25. The van der Waals surface area contributed by atoms with Crippen LogP contribution >= 0.6 is 22.6 Å². The maximum atomic E-state index is 11.1. The van der Waals surface area contributed by atoms with E-state index in [0.29, 0.717) is 58.7 Å². The number of methoxy groups -OCH3 is 2. The summed E-state index contributed by atoms with van der Waals surface area (Å²) in [5.74, 6) is 0.631. The molecule has 3 aromatic rings. The highest BCUT2D eigenvalue weighted by Gasteiger charge is 2.54. The van der Waals surface area contributed by atoms with Gasteiger partial charge in [-0.15, -0.1) is 0 Å². The number of rotatable bonds is 14. The number of alkyl halides is 1. The average Bonchev–Trinajstić information content (AvgIpc) is 3.05. The van der Waals surface area contributed by atoms with E-state index < -0.39 is 11.9 Å². The van der Waals surface area contributed by atoms with E-state index in [-0.39, 0.29) is 22.2 Å². The van der Waals surface area contributed by atoms with Crippen LogP contribution in [0.3, 0.4) is 0 Å². The first-order chi connectivity index (χ1) is 21.5. The first kappa shape index (κ1) is 33.1. The third-order valence-electron chi connectivity index (χ3n) is 8.08. The molecule has 0 bridgehead atoms. The van der Waals surface area contributed by atoms with Gasteiger partial charge < -0.3 is 38.3 Å². The Morgan fingerprint density at radius 2 is 1.34 bits per heavy atom. The van der Waals surface area contributed by atoms with Gasteiger partial charge in [0, 0.05) is 19.4 Å². The number of halogens is 1. The molecule has 0 radical (unpaired) electrons. The second-order valence-electron chi connectivity index (χ2n) is 11.4. The van der Waals surface area contributed by atoms with Crippen LogP contribution in [0, 0.1) is 0 Å². The summed E-state index contributed by atoms with van der Waals surface area (Å²) >= 11 is 2.39. The van der Waals surface area contributed by atoms with Gasteiger partial charge in [0.2, 0.25) is 0 Å². The molecule has 9 heteroatoms. The van der Waals surface area contributed by atoms with Gasteiger partial charge in [-0.2, -0.15) is 0 Å². The van der Waals surface area contributed by atoms with Crippen LogP contribution in [0.25, 0.3) is 0 Å². The molecule has 0 amide bonds. The van der Waals surface area contributed by atoms with Crippen LogP contribution < -0.4 is 9.47 Å². The number of aliphatic hydroxyl groups excluding tert-OH is 1. The average molecular weight is 719 g/mol. The molecule has 1 N–H and O–H groups in total. The van der Waals surface area contributed by atoms with Crippen molar-refractivity contribution >= 4 is 22.6 Å². The number of benzene rings is 3. The Morgan fingerprint density at radius 1 is 0.750 bits per heavy atom. The van der Waals surface area contributed by atoms with E-state index in [2.05, 4.69) is 22.6 Å². The molecule has 0 saturated carbocycles. The van der Waals surface area contributed by atoms with Crippen molar-refractivity contribution in [1.29, 1.82) is 0 Å². The van der Waals surface area contributed by atoms with Crippen molar-refractivity contribution in [2.24, 2.45) is 0 Å². The fourth-order valence-corrected chi connectivity index (χ4v) is 6.82. The molecule has 5 rings (SSSR count). The summed E-state index contributed by atoms with van der Waals surface area (Å²) in [4.78, 5) is 0. The zero-order valence-corrected chi connectivity index (χ0v) is 27.6. The molecule has 2 heterocycles. The molecule has 2 fully saturated rings. The van der Waals surface area contributed by atoms with Crippen molar-refractivity contribution < 1.29 is 38.3 Å². The standard InChI is InChI=1S/C35H43IO8/c1-38-29-12-8-26(9-13-29)21-40-17-16-31-18-28(37)20-35(43-31)34(36)33(42-23-27-10-14-30(39-2)15-11-27)19-32(44-35)24-41-22-25-6-4-3-5-7-25/h3-15,28,31-34,37H,16-24H2,1-2H3/t28-,31+,32-,33+,34-,35-/m1/s1. The fourth-order valence-electron chi connectivity index (χ4n) is 5.77. The first-order valence-corrected chi connectivity index (χ1v) is 16.5. The highest BCUT2D eigenvalue weighted by atomic mass is 127. The molecule has 3 aromatic carbocycles. The summed E-state index contributed by atoms with van der Waals surface area (Å²) < 4.78 is 42.5. The molecule has 0 aromatic heterocycles. The van der Waals surface area contributed by atoms with Crippen molar-refractivity contribution in [3.05, 3.63) is 95.6 Å². The predicted molar refractivity (Wildman–Crippen MR) is 175 cm³/mol. The zero-order valence-electron chi connectivity index (χ0n) is 25.4. The van der Waals surface area contributed by atoms with Gasteiger partial charge in [-0.25, -0.2) is 0 Å². The van der Waals surface area contributed by atoms with Gasteiger partial charge in [-0.05, 0) is 53.8 Å². The van der Waals surface area contributed by atoms with E-state index in [1.165, 1.54) is 0 Å². The van der Waals surface area contributed by atoms with Crippen molar-refractivity contribution in [2.75, 3.05) is 27.4 Å². The molecule has 0 unspecified atom stereocenters. The maximum absolute atomic E-state index is 11.1. The topological polar surface area (TPSA) is 84.8 Å². The van der Waals surface area contributed by atoms with E-state index in [0.717, 1.165) is 28.2 Å². The summed E-state index contributed by atoms with van der Waals surface area (Å²) in [5, 5.41) is 11.1. The van der Waals surface area contributed by atoms with Gasteiger partial charge in [0.05, 0.1) is 69.0 Å². The first-order valence-electron chi connectivity index (χ1n) is 15.2. The SMILES string of the molecule is COc1ccc(COCC[C@H]2C[C@@H](O)C[C@@]3(O2)O[C@@H](COCc2ccccc2)C[C@H](OCc2ccc(OC)cc2)[C@H]3I)cc1. The number of aliphatic hydroxyl groups is 1. The van der Waals surface area contributed by atoms with Crippen LogP contribution in [0.2, 0.25) is 0 Å². The van der Waals surface area contributed by atoms with Crippen molar-refractivity contribution in [2.45, 2.75) is 79.6 Å². The van der Waals surface area contributed by atoms with E-state index in [1.54, 1.807) is 14.2 Å². The lowest BCUT2D eigenvalue weighted by Crippen LogP contribution is -2.62. The minimum atomic E-state index is -0.998. The summed E-state index contributed by atoms with van der Waals surface area (Å²) in [7, 11) is 3.31. The Labute approximate surface area is 274 Å². The molecule has 2 aliphatic heterocycles. The molecule has 6 atom stereocenters. The third-order valence-corrected chi connectivity index (χ3v) is 9.83. The molecule has 1 spiro atoms. The monoisotopic (exact) mass is 718 g/mol. The Bertz CT molecular complexity index is 1260. The van der Waals surface area contributed by atoms with Gasteiger partial charge >= 0.3 is 0 Å². The maximum Gasteiger partial charge on any atom is 0.185 e. The lowest BCUT2D eigenvalue weighted by atomic mass is 9.89. The molecular weight excluding hydrogens is 675 g/mol. The van der Waals surface area contributed by atoms with Crippen LogP contribution in [-0.2, 0) is 43.5 Å². The summed E-state index contributed by atoms with van der Waals surface area (Å²) in [6, 6.07) is 25.9. The molecule has 238 valence electrons. The lowest BCUT2D eigenvalue weighted by Gasteiger charge is -2.52. The van der Waals surface area contributed by atoms with Crippen molar-refractivity contribution in [3.8, 4) is 11.5 Å². The van der Waals surface area contributed by atoms with Crippen LogP contribution in [-0.4, -0.2) is 66.7 Å². The van der Waals surface area contributed by atoms with Gasteiger partial charge in [0.1, 0.15) is 11.5 Å². The van der Waals surface area contributed by atoms with Crippen molar-refractivity contribution in [3.63, 3.8) is 0 Å². The van der Waals surface area contributed by atoms with E-state index in [1.807, 2.05) is 78.9 Å². The van der Waals surface area contributed by atoms with Gasteiger partial charge in [0.25, 0.3) is 0 Å². The Kier molecular flexibility index (Phi) is 12.3. The molecule has 2 aliphatic rings. The second kappa shape index (κ2) is 16.4. The number of ether oxygens (including phenoxy) is 7. The predicted octanol–water partition coefficient (Wildman–Crippen LogP) is 6.24. The summed E-state index contributed by atoms with van der Waals surface area (Å²) in [5.41, 5.74) is 3.24. The van der Waals surface area contributed by atoms with Crippen LogP contribution in [0.1, 0.15) is 42.4 Å². The Morgan fingerprint density at radius 3 is 2.00 bits per heavy atom. The minimum absolute atomic E-state index is 0.138. The van der Waals surface area contributed by atoms with Crippen LogP contribution in [0.5, 0.6) is 11.5 Å². The molecule has 0 aliphatic carbocycles. The van der Waals surface area contributed by atoms with Gasteiger partial charge in [-0.1, -0.05) is 77.2 Å². The molecular formula is C35H43IO8. The molecule has 44 heavy (non-hydrogen) atoms. The van der Waals surface area contributed by atoms with Gasteiger partial charge in [-0.3, -0.25) is 0 Å². The van der Waals surface area contributed by atoms with Crippen LogP contribution in [0.4, 0.5) is 0 Å². The van der Waals surface area contributed by atoms with Crippen molar-refractivity contribution in [1.82, 2.24) is 0 Å². The minimum Gasteiger partial charge on any atom is -0.497 e. The fraction of sp³-hybridized carbons (Fsp3) is 0.486. The quantitative estimate of drug-likeness (QED) is 0.119. The highest BCUT2D eigenvalue weighted by Crippen LogP contribution is 2.45. The van der Waals surface area contributed by atoms with Crippen LogP contribution in [0.15, 0.2) is 78.9 Å². The highest BCUT2D eigenvalue weighted by molar-refractivity contribution is 14.1. The number of hydrogen-bond donors (Lipinski definition) is 1. The third kappa shape index (κ3) is 9.15. The summed E-state index contributed by atoms with van der Waals surface area (Å²) in [6.07, 6.45) is 1.05. The number of hydrogen-bond acceptors (Lipinski definition) is 8. The summed E-state index contributed by atoms with van der Waals surface area (Å²) in [6.45, 7) is 2.35. The Balaban J connectivity index is 1.22. The smallest absolute Gasteiger partial charge is 0.185 e. The van der Waals surface area contributed by atoms with E-state index in [9.17, 15) is 5.11 Å². The second-order valence-corrected chi connectivity index (χ2v) is 12.8. The van der Waals surface area contributed by atoms with E-state index >= 15 is 0 Å². The zero-order chi connectivity index (χ0) is 30.8. The largest absolute Gasteiger partial charge is 0.497 e. The van der Waals surface area contributed by atoms with Gasteiger partial charge in [0.15, 0.2) is 5.79 Å². The molecule has 8 nitrogen and oxygen atoms in total. The molecule has 2 saturated heterocycles. The normalized spacial score (nSPS) is 26.9. The van der Waals surface area contributed by atoms with E-state index in [4.69, 9.17) is 33.2 Å².